The zero-order chi connectivity index (χ0) is 17.9. The molecule has 0 atom stereocenters. The van der Waals surface area contributed by atoms with Crippen LogP contribution in [0, 0.1) is 6.92 Å². The highest BCUT2D eigenvalue weighted by atomic mass is 16.3. The number of hydrogen-bond donors (Lipinski definition) is 3. The lowest BCUT2D eigenvalue weighted by molar-refractivity contribution is 0.311. The van der Waals surface area contributed by atoms with Crippen LogP contribution in [0.15, 0.2) is 30.5 Å². The van der Waals surface area contributed by atoms with E-state index in [-0.39, 0.29) is 6.61 Å². The molecule has 4 rings (SSSR count). The lowest BCUT2D eigenvalue weighted by Gasteiger charge is -2.14. The number of aliphatic hydroxyl groups is 1. The van der Waals surface area contributed by atoms with E-state index in [2.05, 4.69) is 39.8 Å². The lowest BCUT2D eigenvalue weighted by Crippen LogP contribution is -2.18. The number of nitrogens with one attached hydrogen (secondary N) is 2. The van der Waals surface area contributed by atoms with E-state index in [0.717, 1.165) is 29.6 Å². The van der Waals surface area contributed by atoms with Gasteiger partial charge in [0.2, 0.25) is 5.95 Å². The van der Waals surface area contributed by atoms with Gasteiger partial charge in [-0.25, -0.2) is 4.68 Å². The SMILES string of the molecule is Cc1ccc(-n2ncc3c(NCCO)nc(NC4CCCC4)nc32)cc1. The maximum Gasteiger partial charge on any atom is 0.226 e. The van der Waals surface area contributed by atoms with Crippen molar-refractivity contribution in [3.05, 3.63) is 36.0 Å². The Morgan fingerprint density at radius 3 is 2.65 bits per heavy atom. The standard InChI is InChI=1S/C19H24N6O/c1-13-6-8-15(9-7-13)25-18-16(12-21-25)17(20-10-11-26)23-19(24-18)22-14-4-2-3-5-14/h6-9,12,14,26H,2-5,10-11H2,1H3,(H2,20,22,23,24). The van der Waals surface area contributed by atoms with E-state index in [0.29, 0.717) is 24.4 Å². The Hall–Kier alpha value is -2.67. The third-order valence-electron chi connectivity index (χ3n) is 4.80. The fraction of sp³-hybridized carbons (Fsp3) is 0.421. The second-order valence-corrected chi connectivity index (χ2v) is 6.80. The van der Waals surface area contributed by atoms with Crippen molar-refractivity contribution in [3.8, 4) is 5.69 Å². The van der Waals surface area contributed by atoms with Gasteiger partial charge in [-0.3, -0.25) is 0 Å². The van der Waals surface area contributed by atoms with E-state index in [1.807, 2.05) is 16.8 Å². The van der Waals surface area contributed by atoms with Gasteiger partial charge in [-0.05, 0) is 31.9 Å². The number of nitrogens with zero attached hydrogens (tertiary/aromatic N) is 4. The van der Waals surface area contributed by atoms with Crippen LogP contribution in [-0.4, -0.2) is 44.0 Å². The molecule has 1 fully saturated rings. The molecule has 7 heteroatoms. The first-order chi connectivity index (χ1) is 12.7. The molecule has 1 aliphatic rings. The molecule has 1 aromatic carbocycles. The zero-order valence-corrected chi connectivity index (χ0v) is 14.9. The van der Waals surface area contributed by atoms with Crippen LogP contribution in [0.25, 0.3) is 16.7 Å². The van der Waals surface area contributed by atoms with Gasteiger partial charge in [0.25, 0.3) is 0 Å². The van der Waals surface area contributed by atoms with Gasteiger partial charge in [-0.1, -0.05) is 30.5 Å². The van der Waals surface area contributed by atoms with Crippen LogP contribution in [0.1, 0.15) is 31.2 Å². The Morgan fingerprint density at radius 2 is 1.92 bits per heavy atom. The molecule has 0 spiro atoms. The second-order valence-electron chi connectivity index (χ2n) is 6.80. The number of aryl methyl sites for hydroxylation is 1. The topological polar surface area (TPSA) is 87.9 Å². The van der Waals surface area contributed by atoms with Gasteiger partial charge in [-0.15, -0.1) is 0 Å². The molecule has 2 aromatic heterocycles. The Bertz CT molecular complexity index is 883. The summed E-state index contributed by atoms with van der Waals surface area (Å²) < 4.78 is 1.83. The summed E-state index contributed by atoms with van der Waals surface area (Å²) >= 11 is 0. The highest BCUT2D eigenvalue weighted by Gasteiger charge is 2.18. The Morgan fingerprint density at radius 1 is 1.15 bits per heavy atom. The summed E-state index contributed by atoms with van der Waals surface area (Å²) in [5.41, 5.74) is 2.92. The predicted octanol–water partition coefficient (Wildman–Crippen LogP) is 2.88. The fourth-order valence-corrected chi connectivity index (χ4v) is 3.41. The molecule has 0 amide bonds. The van der Waals surface area contributed by atoms with E-state index in [1.165, 1.54) is 18.4 Å². The van der Waals surface area contributed by atoms with Gasteiger partial charge in [0.1, 0.15) is 5.82 Å². The van der Waals surface area contributed by atoms with E-state index < -0.39 is 0 Å². The summed E-state index contributed by atoms with van der Waals surface area (Å²) in [6.45, 7) is 2.54. The Labute approximate surface area is 152 Å². The van der Waals surface area contributed by atoms with Gasteiger partial charge in [0, 0.05) is 12.6 Å². The van der Waals surface area contributed by atoms with E-state index in [9.17, 15) is 0 Å². The van der Waals surface area contributed by atoms with Gasteiger partial charge in [0.15, 0.2) is 5.65 Å². The summed E-state index contributed by atoms with van der Waals surface area (Å²) in [5, 5.41) is 21.2. The fourth-order valence-electron chi connectivity index (χ4n) is 3.41. The van der Waals surface area contributed by atoms with E-state index in [4.69, 9.17) is 10.1 Å². The first-order valence-electron chi connectivity index (χ1n) is 9.18. The highest BCUT2D eigenvalue weighted by molar-refractivity contribution is 5.88. The van der Waals surface area contributed by atoms with Gasteiger partial charge >= 0.3 is 0 Å². The summed E-state index contributed by atoms with van der Waals surface area (Å²) in [4.78, 5) is 9.37. The van der Waals surface area contributed by atoms with Gasteiger partial charge in [-0.2, -0.15) is 15.1 Å². The maximum absolute atomic E-state index is 9.17. The minimum atomic E-state index is 0.0446. The molecule has 26 heavy (non-hydrogen) atoms. The van der Waals surface area contributed by atoms with Crippen molar-refractivity contribution >= 4 is 22.8 Å². The molecule has 1 aliphatic carbocycles. The third kappa shape index (κ3) is 3.35. The normalized spacial score (nSPS) is 14.8. The van der Waals surface area contributed by atoms with Crippen LogP contribution < -0.4 is 10.6 Å². The van der Waals surface area contributed by atoms with E-state index in [1.54, 1.807) is 6.20 Å². The molecular weight excluding hydrogens is 328 g/mol. The number of benzene rings is 1. The minimum absolute atomic E-state index is 0.0446. The molecule has 0 saturated heterocycles. The number of fused-ring (bicyclic) bond motifs is 1. The van der Waals surface area contributed by atoms with Crippen molar-refractivity contribution in [2.75, 3.05) is 23.8 Å². The van der Waals surface area contributed by atoms with Gasteiger partial charge in [0.05, 0.1) is 23.9 Å². The largest absolute Gasteiger partial charge is 0.395 e. The number of hydrogen-bond acceptors (Lipinski definition) is 6. The van der Waals surface area contributed by atoms with Crippen LogP contribution in [0.4, 0.5) is 11.8 Å². The van der Waals surface area contributed by atoms with Gasteiger partial charge < -0.3 is 15.7 Å². The molecule has 2 heterocycles. The number of aromatic nitrogens is 4. The van der Waals surface area contributed by atoms with Crippen LogP contribution in [0.5, 0.6) is 0 Å². The number of rotatable bonds is 6. The average Bonchev–Trinajstić information content (AvgIpc) is 3.30. The highest BCUT2D eigenvalue weighted by Crippen LogP contribution is 2.26. The maximum atomic E-state index is 9.17. The monoisotopic (exact) mass is 352 g/mol. The molecule has 136 valence electrons. The zero-order valence-electron chi connectivity index (χ0n) is 14.9. The van der Waals surface area contributed by atoms with Crippen molar-refractivity contribution in [3.63, 3.8) is 0 Å². The quantitative estimate of drug-likeness (QED) is 0.632. The van der Waals surface area contributed by atoms with Crippen molar-refractivity contribution < 1.29 is 5.11 Å². The minimum Gasteiger partial charge on any atom is -0.395 e. The molecule has 7 nitrogen and oxygen atoms in total. The van der Waals surface area contributed by atoms with Crippen LogP contribution in [-0.2, 0) is 0 Å². The summed E-state index contributed by atoms with van der Waals surface area (Å²) in [6.07, 6.45) is 6.57. The van der Waals surface area contributed by atoms with E-state index >= 15 is 0 Å². The predicted molar refractivity (Wildman–Crippen MR) is 103 cm³/mol. The van der Waals surface area contributed by atoms with Crippen LogP contribution >= 0.6 is 0 Å². The summed E-state index contributed by atoms with van der Waals surface area (Å²) in [7, 11) is 0. The third-order valence-corrected chi connectivity index (χ3v) is 4.80. The lowest BCUT2D eigenvalue weighted by atomic mass is 10.2. The van der Waals surface area contributed by atoms with Crippen LogP contribution in [0.2, 0.25) is 0 Å². The molecule has 0 radical (unpaired) electrons. The summed E-state index contributed by atoms with van der Waals surface area (Å²) in [5.74, 6) is 1.31. The molecular formula is C19H24N6O. The second kappa shape index (κ2) is 7.29. The summed E-state index contributed by atoms with van der Waals surface area (Å²) in [6, 6.07) is 8.62. The van der Waals surface area contributed by atoms with Crippen molar-refractivity contribution in [1.82, 2.24) is 19.7 Å². The van der Waals surface area contributed by atoms with Crippen LogP contribution in [0.3, 0.4) is 0 Å². The first-order valence-corrected chi connectivity index (χ1v) is 9.18. The van der Waals surface area contributed by atoms with Crippen molar-refractivity contribution in [1.29, 1.82) is 0 Å². The molecule has 0 bridgehead atoms. The molecule has 3 N–H and O–H groups in total. The molecule has 1 saturated carbocycles. The Balaban J connectivity index is 1.76. The molecule has 0 aliphatic heterocycles. The smallest absolute Gasteiger partial charge is 0.226 e. The number of aliphatic hydroxyl groups excluding tert-OH is 1. The molecule has 3 aromatic rings. The van der Waals surface area contributed by atoms with Crippen molar-refractivity contribution in [2.45, 2.75) is 38.6 Å². The number of anilines is 2. The average molecular weight is 352 g/mol. The first kappa shape index (κ1) is 16.8. The van der Waals surface area contributed by atoms with Crippen molar-refractivity contribution in [2.24, 2.45) is 0 Å². The molecule has 0 unspecified atom stereocenters. The Kier molecular flexibility index (Phi) is 4.71.